The SMILES string of the molecule is CNC(=O)[C@H](O)[C@H](C[C@@H]1CCNC1=O)NC(=O)[C@H](CC1CC1)n1cccc(NC(=O)OC(C)(C)C)c1=O. The quantitative estimate of drug-likeness (QED) is 0.302. The van der Waals surface area contributed by atoms with E-state index in [1.165, 1.54) is 23.9 Å². The number of likely N-dealkylation sites (N-methyl/N-ethyl adjacent to an activating group) is 1. The van der Waals surface area contributed by atoms with E-state index in [4.69, 9.17) is 4.74 Å². The number of rotatable bonds is 10. The van der Waals surface area contributed by atoms with Crippen LogP contribution in [0.1, 0.15) is 58.9 Å². The Morgan fingerprint density at radius 1 is 1.16 bits per heavy atom. The first kappa shape index (κ1) is 28.2. The van der Waals surface area contributed by atoms with Crippen molar-refractivity contribution in [1.29, 1.82) is 0 Å². The van der Waals surface area contributed by atoms with Crippen molar-refractivity contribution in [3.8, 4) is 0 Å². The van der Waals surface area contributed by atoms with E-state index in [1.807, 2.05) is 0 Å². The third kappa shape index (κ3) is 7.78. The van der Waals surface area contributed by atoms with Crippen molar-refractivity contribution in [3.63, 3.8) is 0 Å². The highest BCUT2D eigenvalue weighted by Gasteiger charge is 2.37. The fourth-order valence-electron chi connectivity index (χ4n) is 4.33. The molecule has 12 heteroatoms. The first-order valence-corrected chi connectivity index (χ1v) is 12.6. The summed E-state index contributed by atoms with van der Waals surface area (Å²) in [6, 6.07) is 0.978. The second-order valence-corrected chi connectivity index (χ2v) is 10.6. The maximum atomic E-state index is 13.5. The molecular formula is C25H37N5O7. The Morgan fingerprint density at radius 3 is 2.43 bits per heavy atom. The lowest BCUT2D eigenvalue weighted by molar-refractivity contribution is -0.134. The molecule has 5 N–H and O–H groups in total. The Bertz CT molecular complexity index is 1080. The minimum atomic E-state index is -1.58. The lowest BCUT2D eigenvalue weighted by Gasteiger charge is -2.28. The number of ether oxygens (including phenoxy) is 1. The summed E-state index contributed by atoms with van der Waals surface area (Å²) in [5.74, 6) is -1.67. The van der Waals surface area contributed by atoms with Crippen molar-refractivity contribution < 1.29 is 29.0 Å². The molecule has 4 atom stereocenters. The van der Waals surface area contributed by atoms with Gasteiger partial charge in [0.05, 0.1) is 6.04 Å². The molecule has 1 aliphatic carbocycles. The molecule has 2 fully saturated rings. The van der Waals surface area contributed by atoms with E-state index in [0.29, 0.717) is 19.4 Å². The number of carbonyl (C=O) groups excluding carboxylic acids is 4. The van der Waals surface area contributed by atoms with Gasteiger partial charge in [-0.15, -0.1) is 0 Å². The molecule has 2 heterocycles. The van der Waals surface area contributed by atoms with Crippen molar-refractivity contribution in [1.82, 2.24) is 20.5 Å². The van der Waals surface area contributed by atoms with Crippen molar-refractivity contribution in [3.05, 3.63) is 28.7 Å². The van der Waals surface area contributed by atoms with Crippen molar-refractivity contribution in [2.75, 3.05) is 18.9 Å². The first-order valence-electron chi connectivity index (χ1n) is 12.6. The number of nitrogens with one attached hydrogen (secondary N) is 4. The monoisotopic (exact) mass is 519 g/mol. The summed E-state index contributed by atoms with van der Waals surface area (Å²) in [7, 11) is 1.37. The Balaban J connectivity index is 1.85. The van der Waals surface area contributed by atoms with Crippen LogP contribution in [0.2, 0.25) is 0 Å². The predicted octanol–water partition coefficient (Wildman–Crippen LogP) is 0.654. The molecule has 37 heavy (non-hydrogen) atoms. The van der Waals surface area contributed by atoms with E-state index in [-0.39, 0.29) is 23.9 Å². The van der Waals surface area contributed by atoms with Crippen LogP contribution in [0.25, 0.3) is 0 Å². The Morgan fingerprint density at radius 2 is 1.86 bits per heavy atom. The molecule has 0 unspecified atom stereocenters. The summed E-state index contributed by atoms with van der Waals surface area (Å²) in [5, 5.41) is 20.9. The predicted molar refractivity (Wildman–Crippen MR) is 135 cm³/mol. The van der Waals surface area contributed by atoms with E-state index in [0.717, 1.165) is 12.8 Å². The van der Waals surface area contributed by atoms with Gasteiger partial charge >= 0.3 is 6.09 Å². The number of carbonyl (C=O) groups is 4. The average Bonchev–Trinajstić information content (AvgIpc) is 3.56. The van der Waals surface area contributed by atoms with Gasteiger partial charge < -0.3 is 30.4 Å². The Labute approximate surface area is 215 Å². The van der Waals surface area contributed by atoms with Crippen molar-refractivity contribution in [2.24, 2.45) is 11.8 Å². The lowest BCUT2D eigenvalue weighted by atomic mass is 9.94. The standard InChI is InChI=1S/C25H37N5O7/c1-25(2,3)37-24(36)29-16-6-5-11-30(23(16)35)18(12-14-7-8-14)21(33)28-17(19(31)22(34)26-4)13-15-9-10-27-20(15)32/h5-6,11,14-15,17-19,31H,7-10,12-13H2,1-4H3,(H,26,34)(H,27,32)(H,28,33)(H,29,36)/t15-,17-,18-,19+/m0/s1. The molecule has 1 aromatic rings. The molecule has 0 radical (unpaired) electrons. The summed E-state index contributed by atoms with van der Waals surface area (Å²) in [4.78, 5) is 63.3. The van der Waals surface area contributed by atoms with Crippen molar-refractivity contribution in [2.45, 2.75) is 76.7 Å². The molecule has 1 aromatic heterocycles. The topological polar surface area (TPSA) is 168 Å². The number of anilines is 1. The highest BCUT2D eigenvalue weighted by atomic mass is 16.6. The molecule has 0 bridgehead atoms. The van der Waals surface area contributed by atoms with Crippen LogP contribution in [0.3, 0.4) is 0 Å². The van der Waals surface area contributed by atoms with Crippen LogP contribution in [0.15, 0.2) is 23.1 Å². The van der Waals surface area contributed by atoms with E-state index in [9.17, 15) is 29.1 Å². The molecule has 0 spiro atoms. The molecule has 4 amide bonds. The van der Waals surface area contributed by atoms with Crippen LogP contribution in [0.4, 0.5) is 10.5 Å². The van der Waals surface area contributed by atoms with Gasteiger partial charge in [-0.3, -0.25) is 24.5 Å². The van der Waals surface area contributed by atoms with Crippen LogP contribution in [-0.4, -0.2) is 64.8 Å². The number of pyridine rings is 1. The molecule has 1 aliphatic heterocycles. The number of aliphatic hydroxyl groups is 1. The summed E-state index contributed by atoms with van der Waals surface area (Å²) in [5.41, 5.74) is -1.40. The number of aromatic nitrogens is 1. The van der Waals surface area contributed by atoms with Crippen LogP contribution in [0.5, 0.6) is 0 Å². The largest absolute Gasteiger partial charge is 0.444 e. The third-order valence-electron chi connectivity index (χ3n) is 6.43. The minimum Gasteiger partial charge on any atom is -0.444 e. The molecule has 204 valence electrons. The van der Waals surface area contributed by atoms with Crippen molar-refractivity contribution >= 4 is 29.5 Å². The zero-order valence-corrected chi connectivity index (χ0v) is 21.7. The summed E-state index contributed by atoms with van der Waals surface area (Å²) < 4.78 is 6.47. The second-order valence-electron chi connectivity index (χ2n) is 10.6. The van der Waals surface area contributed by atoms with Gasteiger partial charge in [0, 0.05) is 25.7 Å². The highest BCUT2D eigenvalue weighted by Crippen LogP contribution is 2.37. The molecule has 3 rings (SSSR count). The maximum Gasteiger partial charge on any atom is 0.412 e. The summed E-state index contributed by atoms with van der Waals surface area (Å²) >= 11 is 0. The molecule has 1 saturated heterocycles. The normalized spacial score (nSPS) is 19.8. The van der Waals surface area contributed by atoms with Crippen LogP contribution >= 0.6 is 0 Å². The molecular weight excluding hydrogens is 482 g/mol. The van der Waals surface area contributed by atoms with E-state index >= 15 is 0 Å². The number of nitrogens with zero attached hydrogens (tertiary/aromatic N) is 1. The number of aliphatic hydroxyl groups excluding tert-OH is 1. The zero-order valence-electron chi connectivity index (χ0n) is 21.7. The summed E-state index contributed by atoms with van der Waals surface area (Å²) in [6.45, 7) is 5.58. The van der Waals surface area contributed by atoms with Gasteiger partial charge in [0.25, 0.3) is 11.5 Å². The van der Waals surface area contributed by atoms with Crippen LogP contribution < -0.4 is 26.8 Å². The Hall–Kier alpha value is -3.41. The number of hydrogen-bond donors (Lipinski definition) is 5. The fraction of sp³-hybridized carbons (Fsp3) is 0.640. The Kier molecular flexibility index (Phi) is 8.95. The average molecular weight is 520 g/mol. The van der Waals surface area contributed by atoms with Gasteiger partial charge in [-0.05, 0) is 58.1 Å². The second kappa shape index (κ2) is 11.8. The molecule has 0 aromatic carbocycles. The van der Waals surface area contributed by atoms with Crippen LogP contribution in [-0.2, 0) is 19.1 Å². The zero-order chi connectivity index (χ0) is 27.3. The van der Waals surface area contributed by atoms with E-state index < -0.39 is 53.2 Å². The number of amides is 4. The van der Waals surface area contributed by atoms with E-state index in [2.05, 4.69) is 21.3 Å². The third-order valence-corrected chi connectivity index (χ3v) is 6.43. The van der Waals surface area contributed by atoms with E-state index in [1.54, 1.807) is 26.8 Å². The minimum absolute atomic E-state index is 0.0464. The van der Waals surface area contributed by atoms with Gasteiger partial charge in [-0.25, -0.2) is 4.79 Å². The number of hydrogen-bond acceptors (Lipinski definition) is 7. The van der Waals surface area contributed by atoms with Gasteiger partial charge in [0.2, 0.25) is 11.8 Å². The lowest BCUT2D eigenvalue weighted by Crippen LogP contribution is -2.53. The molecule has 12 nitrogen and oxygen atoms in total. The first-order chi connectivity index (χ1) is 17.4. The summed E-state index contributed by atoms with van der Waals surface area (Å²) in [6.07, 6.45) is 1.88. The van der Waals surface area contributed by atoms with Gasteiger partial charge in [0.1, 0.15) is 17.3 Å². The smallest absolute Gasteiger partial charge is 0.412 e. The van der Waals surface area contributed by atoms with Crippen LogP contribution in [0, 0.1) is 11.8 Å². The maximum absolute atomic E-state index is 13.5. The fourth-order valence-corrected chi connectivity index (χ4v) is 4.33. The van der Waals surface area contributed by atoms with Gasteiger partial charge in [0.15, 0.2) is 6.10 Å². The molecule has 2 aliphatic rings. The molecule has 1 saturated carbocycles. The highest BCUT2D eigenvalue weighted by molar-refractivity contribution is 5.86. The van der Waals surface area contributed by atoms with Gasteiger partial charge in [-0.1, -0.05) is 12.8 Å². The van der Waals surface area contributed by atoms with Gasteiger partial charge in [-0.2, -0.15) is 0 Å².